The van der Waals surface area contributed by atoms with Gasteiger partial charge in [-0.3, -0.25) is 9.59 Å². The zero-order chi connectivity index (χ0) is 13.4. The van der Waals surface area contributed by atoms with E-state index in [0.717, 1.165) is 25.9 Å². The maximum Gasteiger partial charge on any atom is 0.305 e. The maximum atomic E-state index is 12.0. The smallest absolute Gasteiger partial charge is 0.305 e. The van der Waals surface area contributed by atoms with Gasteiger partial charge in [0.15, 0.2) is 0 Å². The van der Waals surface area contributed by atoms with Gasteiger partial charge in [0.05, 0.1) is 12.6 Å². The van der Waals surface area contributed by atoms with Crippen molar-refractivity contribution in [3.63, 3.8) is 0 Å². The lowest BCUT2D eigenvalue weighted by Crippen LogP contribution is -2.38. The second-order valence-electron chi connectivity index (χ2n) is 4.53. The molecule has 1 saturated heterocycles. The number of rotatable bonds is 8. The van der Waals surface area contributed by atoms with E-state index in [1.165, 1.54) is 0 Å². The highest BCUT2D eigenvalue weighted by Gasteiger charge is 2.30. The number of carbonyl (C=O) groups excluding carboxylic acids is 2. The van der Waals surface area contributed by atoms with Gasteiger partial charge in [-0.05, 0) is 32.7 Å². The minimum absolute atomic E-state index is 0.0208. The number of nitrogens with zero attached hydrogens (tertiary/aromatic N) is 1. The van der Waals surface area contributed by atoms with Gasteiger partial charge >= 0.3 is 5.97 Å². The van der Waals surface area contributed by atoms with Crippen LogP contribution >= 0.6 is 0 Å². The molecule has 1 aliphatic heterocycles. The Morgan fingerprint density at radius 1 is 1.50 bits per heavy atom. The van der Waals surface area contributed by atoms with Crippen LogP contribution in [0.3, 0.4) is 0 Å². The predicted molar refractivity (Wildman–Crippen MR) is 69.1 cm³/mol. The Morgan fingerprint density at radius 2 is 2.28 bits per heavy atom. The van der Waals surface area contributed by atoms with Gasteiger partial charge in [-0.25, -0.2) is 0 Å². The molecule has 1 fully saturated rings. The molecule has 1 unspecified atom stereocenters. The summed E-state index contributed by atoms with van der Waals surface area (Å²) < 4.78 is 4.85. The molecule has 5 nitrogen and oxygen atoms in total. The van der Waals surface area contributed by atoms with Gasteiger partial charge in [0.1, 0.15) is 0 Å². The highest BCUT2D eigenvalue weighted by Crippen LogP contribution is 2.12. The van der Waals surface area contributed by atoms with Crippen LogP contribution in [-0.2, 0) is 14.3 Å². The summed E-state index contributed by atoms with van der Waals surface area (Å²) in [7, 11) is 0. The summed E-state index contributed by atoms with van der Waals surface area (Å²) in [5.74, 6) is -0.00267. The molecule has 1 atom stereocenters. The number of hydrogen-bond donors (Lipinski definition) is 1. The van der Waals surface area contributed by atoms with Crippen molar-refractivity contribution >= 4 is 11.9 Å². The second-order valence-corrected chi connectivity index (χ2v) is 4.53. The standard InChI is InChI=1S/C13H24N2O3/c1-3-8-14-11-7-10-15(13(11)17)9-5-6-12(16)18-4-2/h11,14H,3-10H2,1-2H3. The molecular weight excluding hydrogens is 232 g/mol. The van der Waals surface area contributed by atoms with Crippen molar-refractivity contribution < 1.29 is 14.3 Å². The molecule has 0 aliphatic carbocycles. The van der Waals surface area contributed by atoms with Gasteiger partial charge in [-0.15, -0.1) is 0 Å². The number of hydrogen-bond acceptors (Lipinski definition) is 4. The average Bonchev–Trinajstić information content (AvgIpc) is 2.69. The van der Waals surface area contributed by atoms with E-state index < -0.39 is 0 Å². The van der Waals surface area contributed by atoms with E-state index in [2.05, 4.69) is 12.2 Å². The molecule has 104 valence electrons. The summed E-state index contributed by atoms with van der Waals surface area (Å²) in [6.45, 7) is 6.64. The van der Waals surface area contributed by atoms with Crippen molar-refractivity contribution in [3.05, 3.63) is 0 Å². The van der Waals surface area contributed by atoms with Crippen molar-refractivity contribution in [2.24, 2.45) is 0 Å². The summed E-state index contributed by atoms with van der Waals surface area (Å²) in [5.41, 5.74) is 0. The zero-order valence-electron chi connectivity index (χ0n) is 11.4. The Morgan fingerprint density at radius 3 is 2.94 bits per heavy atom. The van der Waals surface area contributed by atoms with E-state index in [9.17, 15) is 9.59 Å². The molecular formula is C13H24N2O3. The molecule has 0 aromatic carbocycles. The molecule has 18 heavy (non-hydrogen) atoms. The van der Waals surface area contributed by atoms with Crippen molar-refractivity contribution in [2.45, 2.75) is 45.6 Å². The summed E-state index contributed by atoms with van der Waals surface area (Å²) in [6, 6.07) is -0.0208. The topological polar surface area (TPSA) is 58.6 Å². The quantitative estimate of drug-likeness (QED) is 0.656. The summed E-state index contributed by atoms with van der Waals surface area (Å²) in [4.78, 5) is 25.0. The van der Waals surface area contributed by atoms with Crippen LogP contribution in [0.2, 0.25) is 0 Å². The van der Waals surface area contributed by atoms with Crippen molar-refractivity contribution in [1.82, 2.24) is 10.2 Å². The number of likely N-dealkylation sites (tertiary alicyclic amines) is 1. The summed E-state index contributed by atoms with van der Waals surface area (Å²) in [6.07, 6.45) is 2.99. The third kappa shape index (κ3) is 4.64. The fourth-order valence-electron chi connectivity index (χ4n) is 2.12. The first kappa shape index (κ1) is 15.0. The molecule has 1 N–H and O–H groups in total. The molecule has 0 aromatic heterocycles. The Kier molecular flexibility index (Phi) is 6.72. The fourth-order valence-corrected chi connectivity index (χ4v) is 2.12. The molecule has 0 saturated carbocycles. The minimum atomic E-state index is -0.176. The van der Waals surface area contributed by atoms with Crippen molar-refractivity contribution in [3.8, 4) is 0 Å². The lowest BCUT2D eigenvalue weighted by molar-refractivity contribution is -0.143. The first-order valence-electron chi connectivity index (χ1n) is 6.86. The van der Waals surface area contributed by atoms with E-state index in [0.29, 0.717) is 26.0 Å². The predicted octanol–water partition coefficient (Wildman–Crippen LogP) is 0.930. The highest BCUT2D eigenvalue weighted by atomic mass is 16.5. The molecule has 0 bridgehead atoms. The van der Waals surface area contributed by atoms with Crippen LogP contribution in [0.5, 0.6) is 0 Å². The summed E-state index contributed by atoms with van der Waals surface area (Å²) in [5, 5.41) is 3.25. The van der Waals surface area contributed by atoms with Gasteiger partial charge in [0.25, 0.3) is 0 Å². The number of nitrogens with one attached hydrogen (secondary N) is 1. The van der Waals surface area contributed by atoms with Crippen molar-refractivity contribution in [1.29, 1.82) is 0 Å². The molecule has 0 spiro atoms. The molecule has 1 rings (SSSR count). The van der Waals surface area contributed by atoms with E-state index in [-0.39, 0.29) is 17.9 Å². The van der Waals surface area contributed by atoms with E-state index in [4.69, 9.17) is 4.74 Å². The van der Waals surface area contributed by atoms with Crippen LogP contribution in [0.15, 0.2) is 0 Å². The summed E-state index contributed by atoms with van der Waals surface area (Å²) >= 11 is 0. The number of esters is 1. The Labute approximate surface area is 109 Å². The van der Waals surface area contributed by atoms with Gasteiger partial charge in [-0.1, -0.05) is 6.92 Å². The average molecular weight is 256 g/mol. The lowest BCUT2D eigenvalue weighted by Gasteiger charge is -2.16. The van der Waals surface area contributed by atoms with E-state index in [1.807, 2.05) is 4.90 Å². The number of carbonyl (C=O) groups is 2. The third-order valence-electron chi connectivity index (χ3n) is 3.05. The van der Waals surface area contributed by atoms with E-state index >= 15 is 0 Å². The second kappa shape index (κ2) is 8.08. The van der Waals surface area contributed by atoms with Crippen molar-refractivity contribution in [2.75, 3.05) is 26.2 Å². The highest BCUT2D eigenvalue weighted by molar-refractivity contribution is 5.84. The van der Waals surface area contributed by atoms with Gasteiger partial charge in [-0.2, -0.15) is 0 Å². The molecule has 5 heteroatoms. The third-order valence-corrected chi connectivity index (χ3v) is 3.05. The monoisotopic (exact) mass is 256 g/mol. The molecule has 0 radical (unpaired) electrons. The van der Waals surface area contributed by atoms with Gasteiger partial charge in [0.2, 0.25) is 5.91 Å². The van der Waals surface area contributed by atoms with Crippen LogP contribution < -0.4 is 5.32 Å². The fraction of sp³-hybridized carbons (Fsp3) is 0.846. The molecule has 1 heterocycles. The van der Waals surface area contributed by atoms with E-state index in [1.54, 1.807) is 6.92 Å². The SMILES string of the molecule is CCCNC1CCN(CCCC(=O)OCC)C1=O. The van der Waals surface area contributed by atoms with Crippen LogP contribution in [0.25, 0.3) is 0 Å². The number of amides is 1. The Hall–Kier alpha value is -1.10. The largest absolute Gasteiger partial charge is 0.466 e. The normalized spacial score (nSPS) is 19.3. The Balaban J connectivity index is 2.20. The Bertz CT molecular complexity index is 281. The van der Waals surface area contributed by atoms with Crippen LogP contribution in [0.4, 0.5) is 0 Å². The van der Waals surface area contributed by atoms with Gasteiger partial charge in [0, 0.05) is 19.5 Å². The van der Waals surface area contributed by atoms with Crippen LogP contribution in [-0.4, -0.2) is 49.1 Å². The molecule has 1 aliphatic rings. The molecule has 0 aromatic rings. The number of ether oxygens (including phenoxy) is 1. The maximum absolute atomic E-state index is 12.0. The lowest BCUT2D eigenvalue weighted by atomic mass is 10.2. The first-order valence-corrected chi connectivity index (χ1v) is 6.86. The first-order chi connectivity index (χ1) is 8.69. The van der Waals surface area contributed by atoms with Crippen LogP contribution in [0.1, 0.15) is 39.5 Å². The molecule has 1 amide bonds. The van der Waals surface area contributed by atoms with Gasteiger partial charge < -0.3 is 15.0 Å². The zero-order valence-corrected chi connectivity index (χ0v) is 11.4. The minimum Gasteiger partial charge on any atom is -0.466 e. The van der Waals surface area contributed by atoms with Crippen LogP contribution in [0, 0.1) is 0 Å².